The molecule has 6 nitrogen and oxygen atoms in total. The molecule has 1 atom stereocenters. The Balaban J connectivity index is 1.32. The molecule has 1 aliphatic carbocycles. The second-order valence-electron chi connectivity index (χ2n) is 7.71. The third kappa shape index (κ3) is 4.87. The normalized spacial score (nSPS) is 24.1. The second kappa shape index (κ2) is 9.22. The van der Waals surface area contributed by atoms with E-state index in [4.69, 9.17) is 21.2 Å². The van der Waals surface area contributed by atoms with Crippen molar-refractivity contribution >= 4 is 17.5 Å². The van der Waals surface area contributed by atoms with Crippen LogP contribution in [0.2, 0.25) is 5.15 Å². The molecule has 1 aliphatic heterocycles. The summed E-state index contributed by atoms with van der Waals surface area (Å²) in [6.45, 7) is 0.846. The summed E-state index contributed by atoms with van der Waals surface area (Å²) in [6.07, 6.45) is 4.96. The van der Waals surface area contributed by atoms with E-state index >= 15 is 0 Å². The number of hydrogen-bond acceptors (Lipinski definition) is 5. The van der Waals surface area contributed by atoms with Crippen LogP contribution in [0.4, 0.5) is 8.78 Å². The van der Waals surface area contributed by atoms with Gasteiger partial charge in [-0.25, -0.2) is 23.8 Å². The van der Waals surface area contributed by atoms with E-state index < -0.39 is 17.7 Å². The molecular weight excluding hydrogens is 416 g/mol. The van der Waals surface area contributed by atoms with Gasteiger partial charge in [0, 0.05) is 24.5 Å². The Bertz CT molecular complexity index is 889. The molecule has 1 saturated carbocycles. The number of hydrogen-bond donors (Lipinski definition) is 0. The highest BCUT2D eigenvalue weighted by molar-refractivity contribution is 6.29. The molecule has 160 valence electrons. The maximum Gasteiger partial charge on any atom is 0.249 e. The molecule has 1 saturated heterocycles. The van der Waals surface area contributed by atoms with Crippen LogP contribution in [0.5, 0.6) is 5.88 Å². The molecule has 1 aromatic heterocycles. The van der Waals surface area contributed by atoms with E-state index in [1.54, 1.807) is 6.07 Å². The third-order valence-corrected chi connectivity index (χ3v) is 5.87. The summed E-state index contributed by atoms with van der Waals surface area (Å²) in [5.74, 6) is -0.860. The number of halogens is 3. The Hall–Kier alpha value is -2.32. The fraction of sp³-hybridized carbons (Fsp3) is 0.476. The van der Waals surface area contributed by atoms with Crippen molar-refractivity contribution in [3.8, 4) is 5.88 Å². The van der Waals surface area contributed by atoms with Gasteiger partial charge in [-0.3, -0.25) is 9.63 Å². The quantitative estimate of drug-likeness (QED) is 0.644. The number of aromatic nitrogens is 2. The van der Waals surface area contributed by atoms with Crippen LogP contribution in [-0.2, 0) is 9.63 Å². The van der Waals surface area contributed by atoms with Gasteiger partial charge in [0.1, 0.15) is 23.1 Å². The summed E-state index contributed by atoms with van der Waals surface area (Å²) in [4.78, 5) is 26.4. The van der Waals surface area contributed by atoms with E-state index in [0.717, 1.165) is 18.9 Å². The van der Waals surface area contributed by atoms with Gasteiger partial charge in [0.2, 0.25) is 11.8 Å². The van der Waals surface area contributed by atoms with Crippen molar-refractivity contribution in [3.05, 3.63) is 52.9 Å². The van der Waals surface area contributed by atoms with Crippen molar-refractivity contribution in [2.24, 2.45) is 11.8 Å². The highest BCUT2D eigenvalue weighted by Crippen LogP contribution is 2.36. The Kier molecular flexibility index (Phi) is 6.43. The van der Waals surface area contributed by atoms with Gasteiger partial charge in [-0.15, -0.1) is 0 Å². The van der Waals surface area contributed by atoms with Gasteiger partial charge in [-0.1, -0.05) is 11.6 Å². The molecule has 0 bridgehead atoms. The lowest BCUT2D eigenvalue weighted by Crippen LogP contribution is -2.37. The Morgan fingerprint density at radius 2 is 1.83 bits per heavy atom. The third-order valence-electron chi connectivity index (χ3n) is 5.66. The monoisotopic (exact) mass is 437 g/mol. The molecule has 2 heterocycles. The molecule has 2 fully saturated rings. The van der Waals surface area contributed by atoms with Gasteiger partial charge in [0.15, 0.2) is 0 Å². The van der Waals surface area contributed by atoms with Crippen molar-refractivity contribution in [2.45, 2.75) is 38.1 Å². The zero-order valence-corrected chi connectivity index (χ0v) is 17.0. The summed E-state index contributed by atoms with van der Waals surface area (Å²) in [5, 5.41) is 1.64. The SMILES string of the molecule is O=C([C@H]1CC[C@H](COc2cc(Cl)ncn2)CC1)N1OCC[C@H]1c1cc(F)cc(F)c1. The molecule has 9 heteroatoms. The van der Waals surface area contributed by atoms with E-state index in [1.165, 1.54) is 23.5 Å². The predicted octanol–water partition coefficient (Wildman–Crippen LogP) is 4.50. The number of hydroxylamine groups is 2. The maximum absolute atomic E-state index is 13.6. The highest BCUT2D eigenvalue weighted by atomic mass is 35.5. The van der Waals surface area contributed by atoms with Gasteiger partial charge in [0.25, 0.3) is 0 Å². The zero-order chi connectivity index (χ0) is 21.1. The predicted molar refractivity (Wildman–Crippen MR) is 104 cm³/mol. The van der Waals surface area contributed by atoms with Crippen molar-refractivity contribution in [2.75, 3.05) is 13.2 Å². The molecule has 0 radical (unpaired) electrons. The van der Waals surface area contributed by atoms with Gasteiger partial charge in [0.05, 0.1) is 19.3 Å². The van der Waals surface area contributed by atoms with Crippen LogP contribution in [0.3, 0.4) is 0 Å². The number of nitrogens with zero attached hydrogens (tertiary/aromatic N) is 3. The average molecular weight is 438 g/mol. The van der Waals surface area contributed by atoms with Gasteiger partial charge >= 0.3 is 0 Å². The summed E-state index contributed by atoms with van der Waals surface area (Å²) in [5.41, 5.74) is 0.420. The lowest BCUT2D eigenvalue weighted by atomic mass is 9.81. The Labute approximate surface area is 178 Å². The van der Waals surface area contributed by atoms with Crippen LogP contribution in [0.1, 0.15) is 43.7 Å². The largest absolute Gasteiger partial charge is 0.477 e. The molecule has 2 aliphatic rings. The minimum absolute atomic E-state index is 0.121. The van der Waals surface area contributed by atoms with E-state index in [-0.39, 0.29) is 11.8 Å². The number of benzene rings is 1. The van der Waals surface area contributed by atoms with Crippen molar-refractivity contribution in [1.82, 2.24) is 15.0 Å². The fourth-order valence-electron chi connectivity index (χ4n) is 4.11. The number of rotatable bonds is 5. The number of ether oxygens (including phenoxy) is 1. The molecule has 1 aromatic carbocycles. The van der Waals surface area contributed by atoms with Crippen LogP contribution in [0, 0.1) is 23.5 Å². The summed E-state index contributed by atoms with van der Waals surface area (Å²) < 4.78 is 32.9. The summed E-state index contributed by atoms with van der Waals surface area (Å²) in [7, 11) is 0. The first-order valence-corrected chi connectivity index (χ1v) is 10.4. The number of carbonyl (C=O) groups is 1. The smallest absolute Gasteiger partial charge is 0.249 e. The Morgan fingerprint density at radius 1 is 1.10 bits per heavy atom. The van der Waals surface area contributed by atoms with Crippen LogP contribution >= 0.6 is 11.6 Å². The molecule has 0 unspecified atom stereocenters. The topological polar surface area (TPSA) is 64.5 Å². The van der Waals surface area contributed by atoms with Gasteiger partial charge in [-0.05, 0) is 49.3 Å². The minimum Gasteiger partial charge on any atom is -0.477 e. The lowest BCUT2D eigenvalue weighted by molar-refractivity contribution is -0.183. The van der Waals surface area contributed by atoms with Crippen LogP contribution in [0.25, 0.3) is 0 Å². The van der Waals surface area contributed by atoms with E-state index in [2.05, 4.69) is 9.97 Å². The van der Waals surface area contributed by atoms with Crippen LogP contribution < -0.4 is 4.74 Å². The molecule has 0 N–H and O–H groups in total. The van der Waals surface area contributed by atoms with Gasteiger partial charge in [-0.2, -0.15) is 0 Å². The van der Waals surface area contributed by atoms with Crippen molar-refractivity contribution in [3.63, 3.8) is 0 Å². The fourth-order valence-corrected chi connectivity index (χ4v) is 4.25. The highest BCUT2D eigenvalue weighted by Gasteiger charge is 2.37. The average Bonchev–Trinajstić information content (AvgIpc) is 3.21. The lowest BCUT2D eigenvalue weighted by Gasteiger charge is -2.31. The van der Waals surface area contributed by atoms with Crippen LogP contribution in [-0.4, -0.2) is 34.2 Å². The summed E-state index contributed by atoms with van der Waals surface area (Å²) in [6, 6.07) is 4.44. The summed E-state index contributed by atoms with van der Waals surface area (Å²) >= 11 is 5.83. The van der Waals surface area contributed by atoms with Gasteiger partial charge < -0.3 is 4.74 Å². The molecule has 4 rings (SSSR count). The Morgan fingerprint density at radius 3 is 2.53 bits per heavy atom. The second-order valence-corrected chi connectivity index (χ2v) is 8.10. The van der Waals surface area contributed by atoms with E-state index in [0.29, 0.717) is 55.0 Å². The number of carbonyl (C=O) groups excluding carboxylic acids is 1. The molecule has 30 heavy (non-hydrogen) atoms. The first-order valence-electron chi connectivity index (χ1n) is 10.0. The maximum atomic E-state index is 13.6. The molecular formula is C21H22ClF2N3O3. The first-order chi connectivity index (χ1) is 14.5. The molecule has 0 spiro atoms. The first kappa shape index (κ1) is 20.9. The van der Waals surface area contributed by atoms with Crippen molar-refractivity contribution < 1.29 is 23.1 Å². The zero-order valence-electron chi connectivity index (χ0n) is 16.3. The van der Waals surface area contributed by atoms with Crippen LogP contribution in [0.15, 0.2) is 30.6 Å². The van der Waals surface area contributed by atoms with E-state index in [9.17, 15) is 13.6 Å². The number of amides is 1. The van der Waals surface area contributed by atoms with Crippen molar-refractivity contribution in [1.29, 1.82) is 0 Å². The standard InChI is InChI=1S/C21H22ClF2N3O3/c22-19-10-20(26-12-25-19)29-11-13-1-3-14(4-2-13)21(28)27-18(5-6-30-27)15-7-16(23)9-17(24)8-15/h7-10,12-14,18H,1-6,11H2/t13-,14-,18-/m0/s1. The molecule has 2 aromatic rings. The van der Waals surface area contributed by atoms with E-state index in [1.807, 2.05) is 0 Å². The molecule has 1 amide bonds. The minimum atomic E-state index is -0.658.